The average Bonchev–Trinajstić information content (AvgIpc) is 2.67. The molecule has 0 saturated carbocycles. The summed E-state index contributed by atoms with van der Waals surface area (Å²) in [6.45, 7) is 5.37. The number of hydrogen-bond acceptors (Lipinski definition) is 2. The molecule has 0 aliphatic heterocycles. The van der Waals surface area contributed by atoms with Crippen molar-refractivity contribution in [2.75, 3.05) is 10.6 Å². The van der Waals surface area contributed by atoms with Gasteiger partial charge in [0.05, 0.1) is 11.3 Å². The van der Waals surface area contributed by atoms with Gasteiger partial charge in [-0.15, -0.1) is 0 Å². The summed E-state index contributed by atoms with van der Waals surface area (Å²) in [5, 5.41) is 4.88. The van der Waals surface area contributed by atoms with Crippen molar-refractivity contribution < 1.29 is 26.7 Å². The molecule has 156 valence electrons. The predicted octanol–water partition coefficient (Wildman–Crippen LogP) is 6.30. The van der Waals surface area contributed by atoms with Crippen LogP contribution >= 0.6 is 0 Å². The van der Waals surface area contributed by atoms with Crippen LogP contribution in [0.3, 0.4) is 0 Å². The third kappa shape index (κ3) is 3.98. The predicted molar refractivity (Wildman–Crippen MR) is 105 cm³/mol. The molecule has 0 atom stereocenters. The molecule has 0 aliphatic rings. The lowest BCUT2D eigenvalue weighted by Gasteiger charge is -2.16. The normalized spacial score (nSPS) is 10.8. The molecule has 0 heterocycles. The Morgan fingerprint density at radius 2 is 1.30 bits per heavy atom. The number of carbonyl (C=O) groups is 1. The van der Waals surface area contributed by atoms with Gasteiger partial charge >= 0.3 is 0 Å². The summed E-state index contributed by atoms with van der Waals surface area (Å²) in [5.41, 5.74) is 1.95. The Morgan fingerprint density at radius 1 is 0.767 bits per heavy atom. The van der Waals surface area contributed by atoms with Crippen molar-refractivity contribution in [1.29, 1.82) is 0 Å². The molecule has 2 N–H and O–H groups in total. The van der Waals surface area contributed by atoms with Gasteiger partial charge in [0.1, 0.15) is 5.69 Å². The van der Waals surface area contributed by atoms with Crippen LogP contribution in [0, 0.1) is 49.9 Å². The van der Waals surface area contributed by atoms with Gasteiger partial charge in [-0.25, -0.2) is 22.0 Å². The number of rotatable bonds is 4. The molecule has 0 bridgehead atoms. The van der Waals surface area contributed by atoms with Gasteiger partial charge in [-0.05, 0) is 55.7 Å². The molecule has 30 heavy (non-hydrogen) atoms. The highest BCUT2D eigenvalue weighted by Crippen LogP contribution is 2.30. The van der Waals surface area contributed by atoms with Crippen molar-refractivity contribution in [2.24, 2.45) is 0 Å². The number of hydrogen-bond donors (Lipinski definition) is 2. The first-order valence-electron chi connectivity index (χ1n) is 8.88. The second-order valence-electron chi connectivity index (χ2n) is 6.90. The fourth-order valence-electron chi connectivity index (χ4n) is 3.17. The van der Waals surface area contributed by atoms with Crippen molar-refractivity contribution >= 4 is 23.0 Å². The van der Waals surface area contributed by atoms with Crippen molar-refractivity contribution in [3.05, 3.63) is 87.7 Å². The van der Waals surface area contributed by atoms with E-state index in [0.29, 0.717) is 16.9 Å². The van der Waals surface area contributed by atoms with E-state index in [0.717, 1.165) is 11.1 Å². The molecular weight excluding hydrogens is 403 g/mol. The van der Waals surface area contributed by atoms with Gasteiger partial charge in [-0.2, -0.15) is 0 Å². The van der Waals surface area contributed by atoms with Gasteiger partial charge in [0, 0.05) is 5.69 Å². The quantitative estimate of drug-likeness (QED) is 0.295. The molecule has 0 unspecified atom stereocenters. The van der Waals surface area contributed by atoms with Crippen LogP contribution in [0.4, 0.5) is 39.0 Å². The van der Waals surface area contributed by atoms with Gasteiger partial charge in [-0.1, -0.05) is 18.2 Å². The maximum atomic E-state index is 14.0. The highest BCUT2D eigenvalue weighted by molar-refractivity contribution is 6.09. The first-order valence-corrected chi connectivity index (χ1v) is 8.88. The largest absolute Gasteiger partial charge is 0.355 e. The Kier molecular flexibility index (Phi) is 5.78. The summed E-state index contributed by atoms with van der Waals surface area (Å²) < 4.78 is 68.1. The topological polar surface area (TPSA) is 41.1 Å². The lowest BCUT2D eigenvalue weighted by atomic mass is 10.0. The smallest absolute Gasteiger partial charge is 0.258 e. The van der Waals surface area contributed by atoms with E-state index in [2.05, 4.69) is 5.32 Å². The molecule has 3 aromatic carbocycles. The minimum absolute atomic E-state index is 0.000556. The summed E-state index contributed by atoms with van der Waals surface area (Å²) in [7, 11) is 0. The van der Waals surface area contributed by atoms with Crippen molar-refractivity contribution in [2.45, 2.75) is 20.8 Å². The SMILES string of the molecule is Cc1cc(C)cc(Nc2cccc(C)c2C(=O)Nc2c(F)c(F)c(F)c(F)c2F)c1. The standard InChI is InChI=1S/C22H17F5N2O/c1-10-7-11(2)9-13(8-10)28-14-6-4-5-12(3)15(14)22(30)29-21-19(26)17(24)16(23)18(25)20(21)27/h4-9,28H,1-3H3,(H,29,30). The van der Waals surface area contributed by atoms with Gasteiger partial charge in [0.2, 0.25) is 5.82 Å². The van der Waals surface area contributed by atoms with Gasteiger partial charge in [-0.3, -0.25) is 4.79 Å². The molecule has 8 heteroatoms. The van der Waals surface area contributed by atoms with Gasteiger partial charge < -0.3 is 10.6 Å². The summed E-state index contributed by atoms with van der Waals surface area (Å²) in [6.07, 6.45) is 0. The summed E-state index contributed by atoms with van der Waals surface area (Å²) in [4.78, 5) is 12.8. The maximum absolute atomic E-state index is 14.0. The summed E-state index contributed by atoms with van der Waals surface area (Å²) in [6, 6.07) is 10.4. The minimum Gasteiger partial charge on any atom is -0.355 e. The number of carbonyl (C=O) groups excluding carboxylic acids is 1. The van der Waals surface area contributed by atoms with Crippen molar-refractivity contribution in [3.63, 3.8) is 0 Å². The highest BCUT2D eigenvalue weighted by atomic mass is 19.2. The highest BCUT2D eigenvalue weighted by Gasteiger charge is 2.28. The number of nitrogens with one attached hydrogen (secondary N) is 2. The Bertz CT molecular complexity index is 1110. The van der Waals surface area contributed by atoms with E-state index in [1.54, 1.807) is 25.1 Å². The van der Waals surface area contributed by atoms with E-state index in [-0.39, 0.29) is 5.56 Å². The molecule has 0 aromatic heterocycles. The van der Waals surface area contributed by atoms with Crippen molar-refractivity contribution in [1.82, 2.24) is 0 Å². The van der Waals surface area contributed by atoms with Crippen molar-refractivity contribution in [3.8, 4) is 0 Å². The minimum atomic E-state index is -2.30. The van der Waals surface area contributed by atoms with Gasteiger partial charge in [0.15, 0.2) is 23.3 Å². The Hall–Kier alpha value is -3.42. The number of anilines is 3. The lowest BCUT2D eigenvalue weighted by molar-refractivity contribution is 0.102. The van der Waals surface area contributed by atoms with Gasteiger partial charge in [0.25, 0.3) is 5.91 Å². The van der Waals surface area contributed by atoms with Crippen LogP contribution in [-0.4, -0.2) is 5.91 Å². The first kappa shape index (κ1) is 21.3. The number of aryl methyl sites for hydroxylation is 3. The Labute approximate surface area is 169 Å². The van der Waals surface area contributed by atoms with Crippen LogP contribution in [-0.2, 0) is 0 Å². The molecule has 0 spiro atoms. The Morgan fingerprint density at radius 3 is 1.87 bits per heavy atom. The van der Waals surface area contributed by atoms with Crippen LogP contribution < -0.4 is 10.6 Å². The molecule has 3 aromatic rings. The van der Waals surface area contributed by atoms with E-state index >= 15 is 0 Å². The fraction of sp³-hybridized carbons (Fsp3) is 0.136. The van der Waals surface area contributed by atoms with E-state index in [9.17, 15) is 26.7 Å². The fourth-order valence-corrected chi connectivity index (χ4v) is 3.17. The monoisotopic (exact) mass is 420 g/mol. The van der Waals surface area contributed by atoms with Crippen LogP contribution in [0.15, 0.2) is 36.4 Å². The average molecular weight is 420 g/mol. The molecule has 0 aliphatic carbocycles. The second kappa shape index (κ2) is 8.14. The zero-order valence-corrected chi connectivity index (χ0v) is 16.3. The third-order valence-electron chi connectivity index (χ3n) is 4.45. The van der Waals surface area contributed by atoms with Crippen LogP contribution in [0.2, 0.25) is 0 Å². The Balaban J connectivity index is 2.02. The molecule has 1 amide bonds. The number of halogens is 5. The third-order valence-corrected chi connectivity index (χ3v) is 4.45. The molecule has 3 rings (SSSR count). The molecule has 3 nitrogen and oxygen atoms in total. The molecule has 0 saturated heterocycles. The van der Waals surface area contributed by atoms with E-state index in [4.69, 9.17) is 0 Å². The summed E-state index contributed by atoms with van der Waals surface area (Å²) >= 11 is 0. The van der Waals surface area contributed by atoms with E-state index in [1.807, 2.05) is 37.4 Å². The maximum Gasteiger partial charge on any atom is 0.258 e. The molecule has 0 radical (unpaired) electrons. The van der Waals surface area contributed by atoms with E-state index < -0.39 is 40.7 Å². The number of benzene rings is 3. The van der Waals surface area contributed by atoms with Crippen LogP contribution in [0.25, 0.3) is 0 Å². The first-order chi connectivity index (χ1) is 14.1. The van der Waals surface area contributed by atoms with E-state index in [1.165, 1.54) is 0 Å². The number of amides is 1. The second-order valence-corrected chi connectivity index (χ2v) is 6.90. The molecule has 0 fully saturated rings. The lowest BCUT2D eigenvalue weighted by Crippen LogP contribution is -2.19. The zero-order valence-electron chi connectivity index (χ0n) is 16.3. The summed E-state index contributed by atoms with van der Waals surface area (Å²) in [5.74, 6) is -11.8. The van der Waals surface area contributed by atoms with Crippen LogP contribution in [0.1, 0.15) is 27.0 Å². The van der Waals surface area contributed by atoms with Crippen LogP contribution in [0.5, 0.6) is 0 Å². The molecular formula is C22H17F5N2O. The zero-order chi connectivity index (χ0) is 22.2.